The normalized spacial score (nSPS) is 12.1. The summed E-state index contributed by atoms with van der Waals surface area (Å²) in [6.45, 7) is 0. The molecule has 0 aliphatic rings. The highest BCUT2D eigenvalue weighted by Crippen LogP contribution is 2.37. The van der Waals surface area contributed by atoms with Crippen molar-refractivity contribution in [2.24, 2.45) is 0 Å². The highest BCUT2D eigenvalue weighted by Gasteiger charge is 2.32. The minimum atomic E-state index is -4.60. The summed E-state index contributed by atoms with van der Waals surface area (Å²) in [5, 5.41) is 3.24. The van der Waals surface area contributed by atoms with Gasteiger partial charge in [-0.3, -0.25) is 0 Å². The van der Waals surface area contributed by atoms with E-state index in [1.54, 1.807) is 0 Å². The van der Waals surface area contributed by atoms with E-state index in [-0.39, 0.29) is 32.9 Å². The minimum Gasteiger partial charge on any atom is -0.382 e. The quantitative estimate of drug-likeness (QED) is 0.810. The van der Waals surface area contributed by atoms with Gasteiger partial charge in [0, 0.05) is 11.8 Å². The number of aromatic nitrogens is 2. The number of nitrogens with zero attached hydrogens (tertiary/aromatic N) is 2. The maximum atomic E-state index is 12.7. The van der Waals surface area contributed by atoms with Crippen LogP contribution in [0, 0.1) is 0 Å². The summed E-state index contributed by atoms with van der Waals surface area (Å²) in [6.07, 6.45) is -3.35. The zero-order chi connectivity index (χ0) is 16.7. The number of rotatable bonds is 3. The number of nitrogens with two attached hydrogens (primary N) is 1. The van der Waals surface area contributed by atoms with Crippen LogP contribution >= 0.6 is 23.2 Å². The zero-order valence-electron chi connectivity index (χ0n) is 10.6. The van der Waals surface area contributed by atoms with Gasteiger partial charge in [-0.25, -0.2) is 13.1 Å². The molecule has 2 aromatic rings. The average molecular weight is 374 g/mol. The van der Waals surface area contributed by atoms with Gasteiger partial charge in [-0.15, -0.1) is 0 Å². The molecule has 0 fully saturated rings. The molecule has 1 aromatic carbocycles. The third kappa shape index (κ3) is 3.47. The fourth-order valence-electron chi connectivity index (χ4n) is 1.75. The Labute approximate surface area is 134 Å². The molecule has 0 aliphatic carbocycles. The van der Waals surface area contributed by atoms with Crippen LogP contribution in [-0.4, -0.2) is 18.2 Å². The number of nitrogen functional groups attached to an aromatic ring is 1. The van der Waals surface area contributed by atoms with Gasteiger partial charge in [-0.2, -0.15) is 18.3 Å². The molecule has 22 heavy (non-hydrogen) atoms. The lowest BCUT2D eigenvalue weighted by Gasteiger charge is -2.12. The Morgan fingerprint density at radius 3 is 2.23 bits per heavy atom. The van der Waals surface area contributed by atoms with Gasteiger partial charge in [0.2, 0.25) is 0 Å². The van der Waals surface area contributed by atoms with E-state index in [4.69, 9.17) is 28.9 Å². The maximum absolute atomic E-state index is 12.7. The highest BCUT2D eigenvalue weighted by molar-refractivity contribution is 7.71. The third-order valence-electron chi connectivity index (χ3n) is 2.70. The van der Waals surface area contributed by atoms with E-state index in [0.717, 1.165) is 4.68 Å². The first-order valence-electron chi connectivity index (χ1n) is 5.62. The molecule has 1 aromatic heterocycles. The molecule has 0 saturated carbocycles. The van der Waals surface area contributed by atoms with Crippen molar-refractivity contribution in [2.45, 2.75) is 11.9 Å². The monoisotopic (exact) mass is 373 g/mol. The predicted molar refractivity (Wildman–Crippen MR) is 77.0 cm³/mol. The van der Waals surface area contributed by atoms with Crippen LogP contribution in [0.1, 0.15) is 11.1 Å². The molecule has 0 unspecified atom stereocenters. The standard InChI is InChI=1S/C11H8Cl2F3N3O2S/c12-7-1-6(11(14,15)16)2-8(13)9(7)19-3-5(4-22(20)21)10(17)18-19/h1-3,22H,4H2,(H2,17,18). The first-order valence-corrected chi connectivity index (χ1v) is 7.74. The largest absolute Gasteiger partial charge is 0.416 e. The number of halogens is 5. The highest BCUT2D eigenvalue weighted by atomic mass is 35.5. The minimum absolute atomic E-state index is 0.0181. The van der Waals surface area contributed by atoms with Crippen molar-refractivity contribution in [3.8, 4) is 5.69 Å². The first-order chi connectivity index (χ1) is 10.1. The third-order valence-corrected chi connectivity index (χ3v) is 3.87. The number of hydrogen-bond acceptors (Lipinski definition) is 4. The molecule has 0 radical (unpaired) electrons. The molecular formula is C11H8Cl2F3N3O2S. The van der Waals surface area contributed by atoms with E-state index in [1.807, 2.05) is 0 Å². The fourth-order valence-corrected chi connectivity index (χ4v) is 2.93. The summed E-state index contributed by atoms with van der Waals surface area (Å²) in [6, 6.07) is 1.41. The van der Waals surface area contributed by atoms with Gasteiger partial charge < -0.3 is 5.73 Å². The molecule has 0 aliphatic heterocycles. The molecule has 1 heterocycles. The topological polar surface area (TPSA) is 78.0 Å². The number of anilines is 1. The Balaban J connectivity index is 2.54. The number of thiol groups is 1. The fraction of sp³-hybridized carbons (Fsp3) is 0.182. The lowest BCUT2D eigenvalue weighted by Crippen LogP contribution is -2.07. The van der Waals surface area contributed by atoms with Gasteiger partial charge in [0.1, 0.15) is 22.2 Å². The Morgan fingerprint density at radius 2 is 1.77 bits per heavy atom. The van der Waals surface area contributed by atoms with E-state index in [1.165, 1.54) is 6.20 Å². The second-order valence-corrected chi connectivity index (χ2v) is 6.06. The maximum Gasteiger partial charge on any atom is 0.416 e. The molecule has 2 N–H and O–H groups in total. The lowest BCUT2D eigenvalue weighted by molar-refractivity contribution is -0.137. The number of hydrogen-bond donors (Lipinski definition) is 2. The second-order valence-electron chi connectivity index (χ2n) is 4.26. The molecule has 120 valence electrons. The molecule has 0 atom stereocenters. The summed E-state index contributed by atoms with van der Waals surface area (Å²) in [7, 11) is -2.73. The molecule has 0 bridgehead atoms. The van der Waals surface area contributed by atoms with Crippen LogP contribution in [0.2, 0.25) is 10.0 Å². The van der Waals surface area contributed by atoms with Crippen LogP contribution in [0.5, 0.6) is 0 Å². The SMILES string of the molecule is Nc1nn(-c2c(Cl)cc(C(F)(F)F)cc2Cl)cc1C[SH](=O)=O. The van der Waals surface area contributed by atoms with Crippen LogP contribution < -0.4 is 5.73 Å². The molecule has 2 rings (SSSR count). The predicted octanol–water partition coefficient (Wildman–Crippen LogP) is 2.89. The van der Waals surface area contributed by atoms with Crippen molar-refractivity contribution in [2.75, 3.05) is 5.73 Å². The first kappa shape index (κ1) is 16.9. The molecule has 0 saturated heterocycles. The summed E-state index contributed by atoms with van der Waals surface area (Å²) >= 11 is 11.7. The van der Waals surface area contributed by atoms with E-state index in [0.29, 0.717) is 12.1 Å². The summed E-state index contributed by atoms with van der Waals surface area (Å²) < 4.78 is 60.5. The van der Waals surface area contributed by atoms with Crippen LogP contribution in [0.15, 0.2) is 18.3 Å². The van der Waals surface area contributed by atoms with Crippen molar-refractivity contribution in [3.63, 3.8) is 0 Å². The average Bonchev–Trinajstić information content (AvgIpc) is 2.67. The Kier molecular flexibility index (Phi) is 4.59. The summed E-state index contributed by atoms with van der Waals surface area (Å²) in [5.41, 5.74) is 4.73. The molecule has 11 heteroatoms. The van der Waals surface area contributed by atoms with E-state index < -0.39 is 22.4 Å². The molecule has 0 amide bonds. The van der Waals surface area contributed by atoms with Crippen molar-refractivity contribution >= 4 is 39.7 Å². The second kappa shape index (κ2) is 5.98. The lowest BCUT2D eigenvalue weighted by atomic mass is 10.2. The van der Waals surface area contributed by atoms with Crippen LogP contribution in [0.25, 0.3) is 5.69 Å². The summed E-state index contributed by atoms with van der Waals surface area (Å²) in [5.74, 6) is -0.428. The van der Waals surface area contributed by atoms with Gasteiger partial charge in [-0.1, -0.05) is 23.2 Å². The van der Waals surface area contributed by atoms with Gasteiger partial charge in [0.25, 0.3) is 0 Å². The Hall–Kier alpha value is -1.45. The number of alkyl halides is 3. The van der Waals surface area contributed by atoms with Gasteiger partial charge >= 0.3 is 6.18 Å². The Bertz CT molecular complexity index is 771. The Morgan fingerprint density at radius 1 is 1.23 bits per heavy atom. The van der Waals surface area contributed by atoms with E-state index >= 15 is 0 Å². The van der Waals surface area contributed by atoms with E-state index in [9.17, 15) is 21.6 Å². The number of benzene rings is 1. The van der Waals surface area contributed by atoms with Crippen molar-refractivity contribution in [3.05, 3.63) is 39.5 Å². The summed E-state index contributed by atoms with van der Waals surface area (Å²) in [4.78, 5) is 0. The van der Waals surface area contributed by atoms with Crippen molar-refractivity contribution in [1.82, 2.24) is 9.78 Å². The van der Waals surface area contributed by atoms with E-state index in [2.05, 4.69) is 5.10 Å². The van der Waals surface area contributed by atoms with Gasteiger partial charge in [0.05, 0.1) is 21.4 Å². The molecule has 5 nitrogen and oxygen atoms in total. The zero-order valence-corrected chi connectivity index (χ0v) is 13.0. The van der Waals surface area contributed by atoms with Crippen LogP contribution in [0.3, 0.4) is 0 Å². The van der Waals surface area contributed by atoms with Crippen LogP contribution in [0.4, 0.5) is 19.0 Å². The van der Waals surface area contributed by atoms with Crippen molar-refractivity contribution in [1.29, 1.82) is 0 Å². The van der Waals surface area contributed by atoms with Crippen LogP contribution in [-0.2, 0) is 22.6 Å². The van der Waals surface area contributed by atoms with Gasteiger partial charge in [-0.05, 0) is 12.1 Å². The molecule has 0 spiro atoms. The van der Waals surface area contributed by atoms with Crippen molar-refractivity contribution < 1.29 is 21.6 Å². The molecular weight excluding hydrogens is 366 g/mol. The smallest absolute Gasteiger partial charge is 0.382 e. The van der Waals surface area contributed by atoms with Gasteiger partial charge in [0.15, 0.2) is 0 Å².